The minimum atomic E-state index is -1.06. The summed E-state index contributed by atoms with van der Waals surface area (Å²) in [6.07, 6.45) is 1.30. The lowest BCUT2D eigenvalue weighted by molar-refractivity contribution is 0.0658. The third-order valence-electron chi connectivity index (χ3n) is 8.10. The Labute approximate surface area is 268 Å². The number of hydrogen-bond donors (Lipinski definition) is 2. The van der Waals surface area contributed by atoms with Gasteiger partial charge in [-0.1, -0.05) is 65.0 Å². The van der Waals surface area contributed by atoms with Gasteiger partial charge in [-0.15, -0.1) is 0 Å². The number of anilines is 1. The SMILES string of the molecule is CCc1nc(C)c(C(=O)N2CCN(c3cccc4[nH]c(-c5ccc(C(C)(C)C)cc5)nc34)CC2)o1.CCc1nc(C)c(C(=O)O)o1. The van der Waals surface area contributed by atoms with Crippen LogP contribution in [0.5, 0.6) is 0 Å². The van der Waals surface area contributed by atoms with E-state index in [-0.39, 0.29) is 17.1 Å². The van der Waals surface area contributed by atoms with Crippen LogP contribution in [0.1, 0.15) is 84.5 Å². The van der Waals surface area contributed by atoms with Crippen LogP contribution in [-0.4, -0.2) is 68.0 Å². The molecule has 5 aromatic rings. The van der Waals surface area contributed by atoms with Crippen LogP contribution in [0.2, 0.25) is 0 Å². The molecule has 11 heteroatoms. The van der Waals surface area contributed by atoms with E-state index >= 15 is 0 Å². The molecule has 1 aliphatic heterocycles. The average Bonchev–Trinajstić information content (AvgIpc) is 3.76. The number of benzene rings is 2. The molecule has 0 atom stereocenters. The molecule has 11 nitrogen and oxygen atoms in total. The van der Waals surface area contributed by atoms with Crippen LogP contribution in [0.25, 0.3) is 22.4 Å². The van der Waals surface area contributed by atoms with Crippen LogP contribution >= 0.6 is 0 Å². The second-order valence-electron chi connectivity index (χ2n) is 12.4. The zero-order valence-corrected chi connectivity index (χ0v) is 27.6. The number of rotatable bonds is 6. The molecule has 1 saturated heterocycles. The van der Waals surface area contributed by atoms with Crippen LogP contribution in [0.4, 0.5) is 5.69 Å². The highest BCUT2D eigenvalue weighted by Gasteiger charge is 2.28. The number of amides is 1. The minimum absolute atomic E-state index is 0.0538. The number of hydrogen-bond acceptors (Lipinski definition) is 8. The molecule has 0 unspecified atom stereocenters. The first-order valence-electron chi connectivity index (χ1n) is 15.7. The van der Waals surface area contributed by atoms with Crippen molar-refractivity contribution < 1.29 is 23.5 Å². The number of carbonyl (C=O) groups is 2. The third-order valence-corrected chi connectivity index (χ3v) is 8.10. The molecule has 1 fully saturated rings. The van der Waals surface area contributed by atoms with Gasteiger partial charge in [-0.05, 0) is 37.0 Å². The van der Waals surface area contributed by atoms with E-state index in [1.165, 1.54) is 5.56 Å². The van der Waals surface area contributed by atoms with E-state index in [0.29, 0.717) is 54.9 Å². The van der Waals surface area contributed by atoms with Crippen molar-refractivity contribution in [2.75, 3.05) is 31.1 Å². The summed E-state index contributed by atoms with van der Waals surface area (Å²) in [4.78, 5) is 44.3. The molecule has 1 amide bonds. The Morgan fingerprint density at radius 1 is 0.848 bits per heavy atom. The molecule has 2 N–H and O–H groups in total. The van der Waals surface area contributed by atoms with Gasteiger partial charge in [0.25, 0.3) is 5.91 Å². The molecule has 0 saturated carbocycles. The zero-order chi connectivity index (χ0) is 33.2. The summed E-state index contributed by atoms with van der Waals surface area (Å²) in [5.74, 6) is 1.13. The summed E-state index contributed by atoms with van der Waals surface area (Å²) >= 11 is 0. The summed E-state index contributed by atoms with van der Waals surface area (Å²) in [5, 5.41) is 8.54. The maximum absolute atomic E-state index is 13.0. The van der Waals surface area contributed by atoms with Gasteiger partial charge >= 0.3 is 5.97 Å². The van der Waals surface area contributed by atoms with E-state index in [9.17, 15) is 9.59 Å². The molecule has 4 heterocycles. The van der Waals surface area contributed by atoms with Crippen LogP contribution in [0.3, 0.4) is 0 Å². The number of fused-ring (bicyclic) bond motifs is 1. The van der Waals surface area contributed by atoms with Crippen molar-refractivity contribution >= 4 is 28.6 Å². The lowest BCUT2D eigenvalue weighted by Gasteiger charge is -2.35. The number of aromatic amines is 1. The number of nitrogens with one attached hydrogen (secondary N) is 1. The maximum Gasteiger partial charge on any atom is 0.373 e. The normalized spacial score (nSPS) is 13.5. The number of aryl methyl sites for hydroxylation is 4. The van der Waals surface area contributed by atoms with Crippen LogP contribution in [0, 0.1) is 13.8 Å². The number of carbonyl (C=O) groups excluding carboxylic acids is 1. The van der Waals surface area contributed by atoms with Crippen molar-refractivity contribution in [2.24, 2.45) is 0 Å². The predicted molar refractivity (Wildman–Crippen MR) is 177 cm³/mol. The van der Waals surface area contributed by atoms with Gasteiger partial charge in [-0.2, -0.15) is 0 Å². The number of aromatic nitrogens is 4. The van der Waals surface area contributed by atoms with Crippen LogP contribution < -0.4 is 4.90 Å². The number of imidazole rings is 1. The molecule has 46 heavy (non-hydrogen) atoms. The second kappa shape index (κ2) is 13.2. The van der Waals surface area contributed by atoms with Crippen molar-refractivity contribution in [3.05, 3.63) is 82.7 Å². The number of carboxylic acids is 1. The summed E-state index contributed by atoms with van der Waals surface area (Å²) in [5.41, 5.74) is 6.66. The highest BCUT2D eigenvalue weighted by Crippen LogP contribution is 2.31. The fraction of sp³-hybridized carbons (Fsp3) is 0.400. The lowest BCUT2D eigenvalue weighted by atomic mass is 9.87. The van der Waals surface area contributed by atoms with Crippen molar-refractivity contribution in [1.82, 2.24) is 24.8 Å². The zero-order valence-electron chi connectivity index (χ0n) is 27.6. The maximum atomic E-state index is 13.0. The topological polar surface area (TPSA) is 142 Å². The van der Waals surface area contributed by atoms with Gasteiger partial charge < -0.3 is 28.7 Å². The van der Waals surface area contributed by atoms with Gasteiger partial charge in [0.05, 0.1) is 22.6 Å². The molecule has 0 radical (unpaired) electrons. The second-order valence-corrected chi connectivity index (χ2v) is 12.4. The number of carboxylic acid groups (broad SMARTS) is 1. The van der Waals surface area contributed by atoms with Gasteiger partial charge in [0.1, 0.15) is 11.3 Å². The molecule has 242 valence electrons. The average molecular weight is 627 g/mol. The number of piperazine rings is 1. The molecule has 2 aromatic carbocycles. The molecule has 0 spiro atoms. The summed E-state index contributed by atoms with van der Waals surface area (Å²) in [7, 11) is 0. The molecular formula is C35H42N6O5. The Kier molecular flexibility index (Phi) is 9.32. The van der Waals surface area contributed by atoms with E-state index in [1.807, 2.05) is 25.7 Å². The van der Waals surface area contributed by atoms with Crippen molar-refractivity contribution in [3.63, 3.8) is 0 Å². The third kappa shape index (κ3) is 6.83. The van der Waals surface area contributed by atoms with E-state index in [1.54, 1.807) is 6.92 Å². The molecule has 3 aromatic heterocycles. The monoisotopic (exact) mass is 626 g/mol. The summed E-state index contributed by atoms with van der Waals surface area (Å²) in [6.45, 7) is 16.7. The Balaban J connectivity index is 0.000000322. The first-order valence-corrected chi connectivity index (χ1v) is 15.7. The number of aromatic carboxylic acids is 1. The number of oxazole rings is 2. The Morgan fingerprint density at radius 2 is 1.43 bits per heavy atom. The lowest BCUT2D eigenvalue weighted by Crippen LogP contribution is -2.49. The largest absolute Gasteiger partial charge is 0.475 e. The molecule has 0 bridgehead atoms. The highest BCUT2D eigenvalue weighted by atomic mass is 16.4. The van der Waals surface area contributed by atoms with Gasteiger partial charge in [-0.25, -0.2) is 19.7 Å². The standard InChI is InChI=1S/C28H33N5O2.C7H9NO3/c1-6-23-29-18(2)25(35-23)27(34)33-16-14-32(15-17-33)22-9-7-8-21-24(22)31-26(30-21)19-10-12-20(13-11-19)28(3,4)5;1-3-5-8-4(2)6(11-5)7(9)10/h7-13H,6,14-17H2,1-5H3,(H,30,31);3H2,1-2H3,(H,9,10). The fourth-order valence-corrected chi connectivity index (χ4v) is 5.43. The van der Waals surface area contributed by atoms with Crippen molar-refractivity contribution in [1.29, 1.82) is 0 Å². The smallest absolute Gasteiger partial charge is 0.373 e. The predicted octanol–water partition coefficient (Wildman–Crippen LogP) is 6.59. The van der Waals surface area contributed by atoms with Crippen molar-refractivity contribution in [3.8, 4) is 11.4 Å². The fourth-order valence-electron chi connectivity index (χ4n) is 5.43. The minimum Gasteiger partial charge on any atom is -0.475 e. The summed E-state index contributed by atoms with van der Waals surface area (Å²) in [6, 6.07) is 14.9. The molecule has 0 aliphatic carbocycles. The first kappa shape index (κ1) is 32.5. The highest BCUT2D eigenvalue weighted by molar-refractivity contribution is 5.93. The molecular weight excluding hydrogens is 584 g/mol. The molecule has 1 aliphatic rings. The number of H-pyrrole nitrogens is 1. The van der Waals surface area contributed by atoms with E-state index in [0.717, 1.165) is 41.2 Å². The molecule has 6 rings (SSSR count). The van der Waals surface area contributed by atoms with Gasteiger partial charge in [0.2, 0.25) is 11.5 Å². The first-order chi connectivity index (χ1) is 21.9. The Morgan fingerprint density at radius 3 is 1.96 bits per heavy atom. The van der Waals surface area contributed by atoms with E-state index < -0.39 is 5.97 Å². The number of nitrogens with zero attached hydrogens (tertiary/aromatic N) is 5. The van der Waals surface area contributed by atoms with Crippen LogP contribution in [-0.2, 0) is 18.3 Å². The van der Waals surface area contributed by atoms with Gasteiger partial charge in [0.15, 0.2) is 11.8 Å². The summed E-state index contributed by atoms with van der Waals surface area (Å²) < 4.78 is 10.6. The quantitative estimate of drug-likeness (QED) is 0.213. The number of para-hydroxylation sites is 1. The van der Waals surface area contributed by atoms with Crippen LogP contribution in [0.15, 0.2) is 51.3 Å². The van der Waals surface area contributed by atoms with Crippen molar-refractivity contribution in [2.45, 2.75) is 66.7 Å². The Bertz CT molecular complexity index is 1840. The van der Waals surface area contributed by atoms with Gasteiger partial charge in [0, 0.05) is 44.6 Å². The Hall–Kier alpha value is -4.93. The van der Waals surface area contributed by atoms with Gasteiger partial charge in [-0.3, -0.25) is 4.79 Å². The van der Waals surface area contributed by atoms with E-state index in [4.69, 9.17) is 18.9 Å². The van der Waals surface area contributed by atoms with E-state index in [2.05, 4.69) is 83.1 Å².